The van der Waals surface area contributed by atoms with Gasteiger partial charge in [-0.15, -0.1) is 0 Å². The Morgan fingerprint density at radius 2 is 0.620 bits per heavy atom. The summed E-state index contributed by atoms with van der Waals surface area (Å²) < 4.78 is 4.82. The topological polar surface area (TPSA) is 9.86 Å². The van der Waals surface area contributed by atoms with Crippen molar-refractivity contribution in [3.63, 3.8) is 0 Å². The van der Waals surface area contributed by atoms with Gasteiger partial charge in [-0.05, 0) is 81.9 Å². The third-order valence-electron chi connectivity index (χ3n) is 10.1. The van der Waals surface area contributed by atoms with Crippen molar-refractivity contribution in [1.29, 1.82) is 0 Å². The van der Waals surface area contributed by atoms with Crippen LogP contribution in [0.4, 0.5) is 0 Å². The van der Waals surface area contributed by atoms with Crippen LogP contribution in [0.1, 0.15) is 0 Å². The summed E-state index contributed by atoms with van der Waals surface area (Å²) in [5.41, 5.74) is 14.5. The second-order valence-corrected chi connectivity index (χ2v) is 12.9. The summed E-state index contributed by atoms with van der Waals surface area (Å²) in [5, 5.41) is 5.05. The molecule has 0 aliphatic rings. The lowest BCUT2D eigenvalue weighted by Crippen LogP contribution is -1.94. The molecule has 0 radical (unpaired) electrons. The minimum absolute atomic E-state index is 1.15. The third kappa shape index (κ3) is 4.36. The molecule has 2 heterocycles. The highest BCUT2D eigenvalue weighted by atomic mass is 15.0. The summed E-state index contributed by atoms with van der Waals surface area (Å²) in [6, 6.07) is 70.3. The zero-order chi connectivity index (χ0) is 33.0. The number of hydrogen-bond acceptors (Lipinski definition) is 0. The van der Waals surface area contributed by atoms with E-state index in [9.17, 15) is 0 Å². The summed E-state index contributed by atoms with van der Waals surface area (Å²) in [6.07, 6.45) is 0. The molecule has 0 atom stereocenters. The van der Waals surface area contributed by atoms with Gasteiger partial charge in [-0.3, -0.25) is 0 Å². The van der Waals surface area contributed by atoms with Crippen molar-refractivity contribution in [2.45, 2.75) is 0 Å². The van der Waals surface area contributed by atoms with Crippen molar-refractivity contribution in [3.05, 3.63) is 194 Å². The van der Waals surface area contributed by atoms with Crippen LogP contribution in [-0.4, -0.2) is 9.13 Å². The number of nitrogens with zero attached hydrogens (tertiary/aromatic N) is 2. The fraction of sp³-hybridized carbons (Fsp3) is 0. The lowest BCUT2D eigenvalue weighted by Gasteiger charge is -2.13. The molecule has 0 aliphatic heterocycles. The Morgan fingerprint density at radius 1 is 0.240 bits per heavy atom. The van der Waals surface area contributed by atoms with E-state index in [0.29, 0.717) is 0 Å². The molecule has 0 amide bonds. The number of benzene rings is 8. The molecule has 0 saturated heterocycles. The summed E-state index contributed by atoms with van der Waals surface area (Å²) in [6.45, 7) is 0. The Kier molecular flexibility index (Phi) is 6.53. The molecule has 0 bridgehead atoms. The number of aromatic nitrogens is 2. The van der Waals surface area contributed by atoms with Crippen LogP contribution in [0, 0.1) is 0 Å². The van der Waals surface area contributed by atoms with E-state index in [0.717, 1.165) is 5.69 Å². The summed E-state index contributed by atoms with van der Waals surface area (Å²) in [5.74, 6) is 0. The first-order chi connectivity index (χ1) is 24.8. The highest BCUT2D eigenvalue weighted by molar-refractivity contribution is 6.22. The molecule has 0 unspecified atom stereocenters. The smallest absolute Gasteiger partial charge is 0.0547 e. The third-order valence-corrected chi connectivity index (χ3v) is 10.1. The predicted molar refractivity (Wildman–Crippen MR) is 211 cm³/mol. The zero-order valence-corrected chi connectivity index (χ0v) is 27.4. The van der Waals surface area contributed by atoms with Crippen LogP contribution in [0.25, 0.3) is 88.4 Å². The molecule has 50 heavy (non-hydrogen) atoms. The van der Waals surface area contributed by atoms with Gasteiger partial charge in [0.1, 0.15) is 0 Å². The van der Waals surface area contributed by atoms with Crippen molar-refractivity contribution >= 4 is 43.6 Å². The van der Waals surface area contributed by atoms with Gasteiger partial charge in [0.15, 0.2) is 0 Å². The number of hydrogen-bond donors (Lipinski definition) is 0. The van der Waals surface area contributed by atoms with Gasteiger partial charge in [0.05, 0.1) is 22.1 Å². The molecular weight excluding hydrogens is 605 g/mol. The van der Waals surface area contributed by atoms with Crippen molar-refractivity contribution in [1.82, 2.24) is 9.13 Å². The Bertz CT molecular complexity index is 2840. The number of fused-ring (bicyclic) bond motifs is 6. The lowest BCUT2D eigenvalue weighted by molar-refractivity contribution is 1.18. The van der Waals surface area contributed by atoms with Crippen LogP contribution in [0.2, 0.25) is 0 Å². The molecule has 0 spiro atoms. The first kappa shape index (κ1) is 28.4. The predicted octanol–water partition coefficient (Wildman–Crippen LogP) is 12.9. The van der Waals surface area contributed by atoms with E-state index in [4.69, 9.17) is 0 Å². The van der Waals surface area contributed by atoms with E-state index in [1.165, 1.54) is 82.7 Å². The van der Waals surface area contributed by atoms with Gasteiger partial charge < -0.3 is 9.13 Å². The second kappa shape index (κ2) is 11.5. The average molecular weight is 637 g/mol. The molecule has 0 aliphatic carbocycles. The fourth-order valence-electron chi connectivity index (χ4n) is 8.02. The molecule has 234 valence electrons. The first-order valence-corrected chi connectivity index (χ1v) is 17.2. The lowest BCUT2D eigenvalue weighted by atomic mass is 9.94. The Morgan fingerprint density at radius 3 is 1.16 bits per heavy atom. The summed E-state index contributed by atoms with van der Waals surface area (Å²) >= 11 is 0. The summed E-state index contributed by atoms with van der Waals surface area (Å²) in [4.78, 5) is 0. The average Bonchev–Trinajstić information content (AvgIpc) is 3.72. The van der Waals surface area contributed by atoms with Gasteiger partial charge in [-0.1, -0.05) is 146 Å². The first-order valence-electron chi connectivity index (χ1n) is 17.2. The van der Waals surface area contributed by atoms with Gasteiger partial charge in [-0.2, -0.15) is 0 Å². The van der Waals surface area contributed by atoms with E-state index in [-0.39, 0.29) is 0 Å². The fourth-order valence-corrected chi connectivity index (χ4v) is 8.02. The molecule has 10 rings (SSSR count). The SMILES string of the molecule is c1ccc(-c2ccccc2-c2ccc(-n3c4ccccc4c4c(-c5cccc6c5c5ccccc5n6-c5ccccc5)cccc43)cc2)cc1. The maximum Gasteiger partial charge on any atom is 0.0547 e. The molecule has 0 fully saturated rings. The minimum Gasteiger partial charge on any atom is -0.309 e. The number of para-hydroxylation sites is 3. The maximum absolute atomic E-state index is 2.43. The highest BCUT2D eigenvalue weighted by Crippen LogP contribution is 2.44. The van der Waals surface area contributed by atoms with Gasteiger partial charge in [0.25, 0.3) is 0 Å². The van der Waals surface area contributed by atoms with Crippen LogP contribution in [-0.2, 0) is 0 Å². The van der Waals surface area contributed by atoms with Gasteiger partial charge in [0, 0.05) is 32.9 Å². The van der Waals surface area contributed by atoms with Crippen LogP contribution in [0.3, 0.4) is 0 Å². The van der Waals surface area contributed by atoms with Crippen molar-refractivity contribution < 1.29 is 0 Å². The maximum atomic E-state index is 2.43. The van der Waals surface area contributed by atoms with Crippen molar-refractivity contribution in [2.24, 2.45) is 0 Å². The van der Waals surface area contributed by atoms with Crippen molar-refractivity contribution in [2.75, 3.05) is 0 Å². The molecule has 0 N–H and O–H groups in total. The van der Waals surface area contributed by atoms with Gasteiger partial charge >= 0.3 is 0 Å². The quantitative estimate of drug-likeness (QED) is 0.178. The van der Waals surface area contributed by atoms with E-state index >= 15 is 0 Å². The van der Waals surface area contributed by atoms with E-state index < -0.39 is 0 Å². The van der Waals surface area contributed by atoms with Crippen LogP contribution < -0.4 is 0 Å². The number of rotatable bonds is 5. The molecule has 10 aromatic rings. The van der Waals surface area contributed by atoms with Crippen LogP contribution in [0.5, 0.6) is 0 Å². The zero-order valence-electron chi connectivity index (χ0n) is 27.4. The van der Waals surface area contributed by atoms with Crippen LogP contribution in [0.15, 0.2) is 194 Å². The molecule has 0 saturated carbocycles. The normalized spacial score (nSPS) is 11.6. The minimum atomic E-state index is 1.15. The van der Waals surface area contributed by atoms with E-state index in [1.54, 1.807) is 0 Å². The standard InChI is InChI=1S/C48H32N2/c1-3-15-33(16-4-1)37-19-7-8-20-38(37)34-29-31-36(32-30-34)50-44-26-12-10-22-42(44)48-40(24-14-28-46(48)50)39-23-13-27-45-47(39)41-21-9-11-25-43(41)49(45)35-17-5-2-6-18-35/h1-32H. The monoisotopic (exact) mass is 636 g/mol. The molecular formula is C48H32N2. The highest BCUT2D eigenvalue weighted by Gasteiger charge is 2.20. The largest absolute Gasteiger partial charge is 0.309 e. The molecule has 8 aromatic carbocycles. The van der Waals surface area contributed by atoms with Crippen molar-refractivity contribution in [3.8, 4) is 44.8 Å². The van der Waals surface area contributed by atoms with Gasteiger partial charge in [0.2, 0.25) is 0 Å². The molecule has 2 heteroatoms. The van der Waals surface area contributed by atoms with E-state index in [2.05, 4.69) is 203 Å². The molecule has 2 nitrogen and oxygen atoms in total. The Balaban J connectivity index is 1.18. The van der Waals surface area contributed by atoms with Gasteiger partial charge in [-0.25, -0.2) is 0 Å². The Hall–Kier alpha value is -6.64. The summed E-state index contributed by atoms with van der Waals surface area (Å²) in [7, 11) is 0. The Labute approximate surface area is 290 Å². The van der Waals surface area contributed by atoms with E-state index in [1.807, 2.05) is 0 Å². The second-order valence-electron chi connectivity index (χ2n) is 12.9. The molecule has 2 aromatic heterocycles. The van der Waals surface area contributed by atoms with Crippen LogP contribution >= 0.6 is 0 Å².